The molecule has 1 fully saturated rings. The summed E-state index contributed by atoms with van der Waals surface area (Å²) in [5.74, 6) is -0.657. The Morgan fingerprint density at radius 3 is 2.47 bits per heavy atom. The van der Waals surface area contributed by atoms with E-state index in [1.165, 1.54) is 22.0 Å². The van der Waals surface area contributed by atoms with Crippen molar-refractivity contribution in [1.82, 2.24) is 9.88 Å². The third-order valence-corrected chi connectivity index (χ3v) is 6.57. The molecule has 0 radical (unpaired) electrons. The van der Waals surface area contributed by atoms with E-state index in [2.05, 4.69) is 10.6 Å². The van der Waals surface area contributed by atoms with E-state index in [-0.39, 0.29) is 23.3 Å². The normalized spacial score (nSPS) is 15.2. The third-order valence-electron chi connectivity index (χ3n) is 5.34. The van der Waals surface area contributed by atoms with Gasteiger partial charge in [0, 0.05) is 36.9 Å². The van der Waals surface area contributed by atoms with Crippen LogP contribution in [0.25, 0.3) is 5.69 Å². The van der Waals surface area contributed by atoms with Crippen molar-refractivity contribution in [3.05, 3.63) is 80.4 Å². The van der Waals surface area contributed by atoms with Crippen LogP contribution in [0.2, 0.25) is 4.34 Å². The molecule has 0 aliphatic carbocycles. The number of carbonyl (C=O) groups is 2. The van der Waals surface area contributed by atoms with Crippen LogP contribution >= 0.6 is 22.9 Å². The van der Waals surface area contributed by atoms with Gasteiger partial charge in [0.15, 0.2) is 0 Å². The number of anilines is 1. The summed E-state index contributed by atoms with van der Waals surface area (Å²) in [4.78, 5) is 38.3. The predicted molar refractivity (Wildman–Crippen MR) is 125 cm³/mol. The number of carbonyl (C=O) groups excluding carboxylic acids is 2. The summed E-state index contributed by atoms with van der Waals surface area (Å²) < 4.78 is 7.45. The van der Waals surface area contributed by atoms with Gasteiger partial charge in [0.1, 0.15) is 6.04 Å². The Balaban J connectivity index is 1.49. The van der Waals surface area contributed by atoms with Gasteiger partial charge in [-0.15, -0.1) is 11.3 Å². The third kappa shape index (κ3) is 5.27. The summed E-state index contributed by atoms with van der Waals surface area (Å²) in [5.41, 5.74) is 1.13. The molecule has 1 aromatic carbocycles. The molecule has 4 rings (SSSR count). The first kappa shape index (κ1) is 22.3. The molecule has 2 N–H and O–H groups in total. The molecule has 0 bridgehead atoms. The van der Waals surface area contributed by atoms with Gasteiger partial charge in [0.05, 0.1) is 9.21 Å². The summed E-state index contributed by atoms with van der Waals surface area (Å²) in [6.07, 6.45) is 3.04. The molecule has 1 unspecified atom stereocenters. The van der Waals surface area contributed by atoms with Crippen molar-refractivity contribution >= 4 is 40.4 Å². The van der Waals surface area contributed by atoms with Crippen LogP contribution in [0.5, 0.6) is 0 Å². The first-order chi connectivity index (χ1) is 15.5. The van der Waals surface area contributed by atoms with Crippen LogP contribution in [0, 0.1) is 5.92 Å². The SMILES string of the molecule is O=C(NC(C(=O)Nc1ccc(-n2ccccc2=O)cc1)C1CCOCC1)c1ccc(Cl)s1. The van der Waals surface area contributed by atoms with Crippen molar-refractivity contribution in [2.45, 2.75) is 18.9 Å². The van der Waals surface area contributed by atoms with Gasteiger partial charge in [-0.25, -0.2) is 0 Å². The Bertz CT molecular complexity index is 1150. The quantitative estimate of drug-likeness (QED) is 0.573. The lowest BCUT2D eigenvalue weighted by atomic mass is 9.91. The van der Waals surface area contributed by atoms with Crippen LogP contribution in [-0.2, 0) is 9.53 Å². The minimum atomic E-state index is -0.705. The van der Waals surface area contributed by atoms with Crippen LogP contribution in [0.3, 0.4) is 0 Å². The number of pyridine rings is 1. The number of benzene rings is 1. The Morgan fingerprint density at radius 2 is 1.81 bits per heavy atom. The second kappa shape index (κ2) is 10.1. The van der Waals surface area contributed by atoms with Crippen molar-refractivity contribution in [2.24, 2.45) is 5.92 Å². The van der Waals surface area contributed by atoms with Crippen molar-refractivity contribution in [3.63, 3.8) is 0 Å². The molecule has 1 atom stereocenters. The first-order valence-electron chi connectivity index (χ1n) is 10.2. The largest absolute Gasteiger partial charge is 0.381 e. The Kier molecular flexibility index (Phi) is 7.04. The number of rotatable bonds is 6. The van der Waals surface area contributed by atoms with E-state index in [0.717, 1.165) is 0 Å². The zero-order valence-electron chi connectivity index (χ0n) is 17.1. The van der Waals surface area contributed by atoms with E-state index in [4.69, 9.17) is 16.3 Å². The molecule has 1 aliphatic heterocycles. The van der Waals surface area contributed by atoms with Crippen molar-refractivity contribution in [3.8, 4) is 5.69 Å². The highest BCUT2D eigenvalue weighted by Gasteiger charge is 2.32. The van der Waals surface area contributed by atoms with Gasteiger partial charge in [0.2, 0.25) is 5.91 Å². The van der Waals surface area contributed by atoms with Gasteiger partial charge in [-0.3, -0.25) is 19.0 Å². The van der Waals surface area contributed by atoms with Crippen LogP contribution in [0.15, 0.2) is 65.6 Å². The number of aromatic nitrogens is 1. The van der Waals surface area contributed by atoms with Crippen molar-refractivity contribution < 1.29 is 14.3 Å². The van der Waals surface area contributed by atoms with E-state index in [1.807, 2.05) is 0 Å². The smallest absolute Gasteiger partial charge is 0.262 e. The molecule has 9 heteroatoms. The molecule has 32 heavy (non-hydrogen) atoms. The zero-order valence-corrected chi connectivity index (χ0v) is 18.7. The number of halogens is 1. The number of nitrogens with one attached hydrogen (secondary N) is 2. The fourth-order valence-corrected chi connectivity index (χ4v) is 4.61. The zero-order chi connectivity index (χ0) is 22.5. The monoisotopic (exact) mass is 471 g/mol. The van der Waals surface area contributed by atoms with E-state index >= 15 is 0 Å². The van der Waals surface area contributed by atoms with E-state index in [1.54, 1.807) is 54.7 Å². The van der Waals surface area contributed by atoms with Crippen LogP contribution < -0.4 is 16.2 Å². The van der Waals surface area contributed by atoms with Crippen molar-refractivity contribution in [2.75, 3.05) is 18.5 Å². The molecule has 2 amide bonds. The standard InChI is InChI=1S/C23H22ClN3O4S/c24-19-9-8-18(32-19)22(29)26-21(15-10-13-31-14-11-15)23(30)25-16-4-6-17(7-5-16)27-12-2-1-3-20(27)28/h1-9,12,15,21H,10-11,13-14H2,(H,25,30)(H,26,29). The minimum Gasteiger partial charge on any atom is -0.381 e. The lowest BCUT2D eigenvalue weighted by molar-refractivity contribution is -0.120. The number of nitrogens with zero attached hydrogens (tertiary/aromatic N) is 1. The van der Waals surface area contributed by atoms with Gasteiger partial charge < -0.3 is 15.4 Å². The molecular formula is C23H22ClN3O4S. The molecule has 2 aromatic heterocycles. The van der Waals surface area contributed by atoms with Gasteiger partial charge in [-0.05, 0) is 61.2 Å². The number of hydrogen-bond acceptors (Lipinski definition) is 5. The maximum absolute atomic E-state index is 13.1. The molecular weight excluding hydrogens is 450 g/mol. The first-order valence-corrected chi connectivity index (χ1v) is 11.4. The van der Waals surface area contributed by atoms with Crippen molar-refractivity contribution in [1.29, 1.82) is 0 Å². The molecule has 0 spiro atoms. The molecule has 3 aromatic rings. The maximum Gasteiger partial charge on any atom is 0.262 e. The number of amides is 2. The van der Waals surface area contributed by atoms with E-state index < -0.39 is 6.04 Å². The van der Waals surface area contributed by atoms with Crippen LogP contribution in [-0.4, -0.2) is 35.6 Å². The molecule has 3 heterocycles. The highest BCUT2D eigenvalue weighted by Crippen LogP contribution is 2.24. The Hall–Kier alpha value is -2.94. The average molecular weight is 472 g/mol. The Labute approximate surface area is 194 Å². The van der Waals surface area contributed by atoms with Gasteiger partial charge in [-0.2, -0.15) is 0 Å². The summed E-state index contributed by atoms with van der Waals surface area (Å²) in [7, 11) is 0. The fourth-order valence-electron chi connectivity index (χ4n) is 3.66. The molecule has 1 saturated heterocycles. The summed E-state index contributed by atoms with van der Waals surface area (Å²) in [5, 5.41) is 5.77. The Morgan fingerprint density at radius 1 is 1.06 bits per heavy atom. The predicted octanol–water partition coefficient (Wildman–Crippen LogP) is 3.72. The second-order valence-electron chi connectivity index (χ2n) is 7.45. The topological polar surface area (TPSA) is 89.4 Å². The highest BCUT2D eigenvalue weighted by molar-refractivity contribution is 7.18. The molecule has 0 saturated carbocycles. The summed E-state index contributed by atoms with van der Waals surface area (Å²) in [6.45, 7) is 1.10. The lowest BCUT2D eigenvalue weighted by Gasteiger charge is -2.30. The highest BCUT2D eigenvalue weighted by atomic mass is 35.5. The number of ether oxygens (including phenoxy) is 1. The second-order valence-corrected chi connectivity index (χ2v) is 9.16. The molecule has 1 aliphatic rings. The van der Waals surface area contributed by atoms with Crippen LogP contribution in [0.1, 0.15) is 22.5 Å². The maximum atomic E-state index is 13.1. The van der Waals surface area contributed by atoms with E-state index in [9.17, 15) is 14.4 Å². The van der Waals surface area contributed by atoms with Gasteiger partial charge in [-0.1, -0.05) is 17.7 Å². The summed E-state index contributed by atoms with van der Waals surface area (Å²) in [6, 6.07) is 14.5. The van der Waals surface area contributed by atoms with Gasteiger partial charge in [0.25, 0.3) is 11.5 Å². The van der Waals surface area contributed by atoms with Gasteiger partial charge >= 0.3 is 0 Å². The number of hydrogen-bond donors (Lipinski definition) is 2. The summed E-state index contributed by atoms with van der Waals surface area (Å²) >= 11 is 7.12. The lowest BCUT2D eigenvalue weighted by Crippen LogP contribution is -2.49. The van der Waals surface area contributed by atoms with E-state index in [0.29, 0.717) is 46.6 Å². The molecule has 7 nitrogen and oxygen atoms in total. The fraction of sp³-hybridized carbons (Fsp3) is 0.261. The average Bonchev–Trinajstić information content (AvgIpc) is 3.25. The van der Waals surface area contributed by atoms with Crippen LogP contribution in [0.4, 0.5) is 5.69 Å². The minimum absolute atomic E-state index is 0.0368. The molecule has 166 valence electrons. The number of thiophene rings is 1.